The summed E-state index contributed by atoms with van der Waals surface area (Å²) in [5.41, 5.74) is 1.25. The molecule has 2 rings (SSSR count). The van der Waals surface area contributed by atoms with Crippen molar-refractivity contribution in [2.75, 3.05) is 13.7 Å². The van der Waals surface area contributed by atoms with Gasteiger partial charge in [-0.1, -0.05) is 0 Å². The molecule has 2 N–H and O–H groups in total. The maximum Gasteiger partial charge on any atom is 0.339 e. The molecule has 6 nitrogen and oxygen atoms in total. The summed E-state index contributed by atoms with van der Waals surface area (Å²) in [6.07, 6.45) is 4.17. The molecule has 0 atom stereocenters. The standard InChI is InChI=1S/C14H19N3O3/c1-20-14(19)10-2-3-12(16-8-10)9-15-7-6-13(18)17-11-4-5-11/h2-3,8,11,15H,4-7,9H2,1H3,(H,17,18). The highest BCUT2D eigenvalue weighted by Gasteiger charge is 2.22. The summed E-state index contributed by atoms with van der Waals surface area (Å²) in [5.74, 6) is -0.303. The van der Waals surface area contributed by atoms with Gasteiger partial charge in [-0.15, -0.1) is 0 Å². The van der Waals surface area contributed by atoms with Crippen molar-refractivity contribution in [2.24, 2.45) is 0 Å². The van der Waals surface area contributed by atoms with E-state index >= 15 is 0 Å². The van der Waals surface area contributed by atoms with Gasteiger partial charge in [0.25, 0.3) is 0 Å². The summed E-state index contributed by atoms with van der Waals surface area (Å²) in [6.45, 7) is 1.18. The monoisotopic (exact) mass is 277 g/mol. The third-order valence-electron chi connectivity index (χ3n) is 3.02. The van der Waals surface area contributed by atoms with Crippen molar-refractivity contribution in [3.8, 4) is 0 Å². The lowest BCUT2D eigenvalue weighted by atomic mass is 10.2. The van der Waals surface area contributed by atoms with Crippen LogP contribution in [-0.2, 0) is 16.1 Å². The third kappa shape index (κ3) is 4.62. The van der Waals surface area contributed by atoms with Crippen LogP contribution in [0.15, 0.2) is 18.3 Å². The number of hydrogen-bond acceptors (Lipinski definition) is 5. The molecule has 1 aromatic rings. The summed E-state index contributed by atoms with van der Waals surface area (Å²) in [4.78, 5) is 26.8. The second kappa shape index (κ2) is 7.00. The predicted octanol–water partition coefficient (Wildman–Crippen LogP) is 0.626. The normalized spacial score (nSPS) is 13.8. The Labute approximate surface area is 117 Å². The maximum absolute atomic E-state index is 11.4. The molecule has 0 bridgehead atoms. The topological polar surface area (TPSA) is 80.3 Å². The van der Waals surface area contributed by atoms with Gasteiger partial charge in [-0.05, 0) is 25.0 Å². The van der Waals surface area contributed by atoms with E-state index in [1.54, 1.807) is 12.1 Å². The minimum atomic E-state index is -0.395. The molecule has 0 spiro atoms. The van der Waals surface area contributed by atoms with Gasteiger partial charge in [0.2, 0.25) is 5.91 Å². The minimum Gasteiger partial charge on any atom is -0.465 e. The molecule has 108 valence electrons. The van der Waals surface area contributed by atoms with Gasteiger partial charge in [-0.2, -0.15) is 0 Å². The van der Waals surface area contributed by atoms with Crippen LogP contribution in [0.2, 0.25) is 0 Å². The molecule has 0 saturated heterocycles. The van der Waals surface area contributed by atoms with Gasteiger partial charge in [-0.25, -0.2) is 4.79 Å². The molecule has 1 aliphatic rings. The summed E-state index contributed by atoms with van der Waals surface area (Å²) >= 11 is 0. The van der Waals surface area contributed by atoms with E-state index in [2.05, 4.69) is 20.4 Å². The number of ether oxygens (including phenoxy) is 1. The van der Waals surface area contributed by atoms with E-state index in [0.717, 1.165) is 18.5 Å². The number of pyridine rings is 1. The predicted molar refractivity (Wildman–Crippen MR) is 73.1 cm³/mol. The Hall–Kier alpha value is -1.95. The molecule has 0 aliphatic heterocycles. The van der Waals surface area contributed by atoms with Crippen LogP contribution < -0.4 is 10.6 Å². The molecule has 20 heavy (non-hydrogen) atoms. The fraction of sp³-hybridized carbons (Fsp3) is 0.500. The number of carbonyl (C=O) groups excluding carboxylic acids is 2. The molecule has 1 amide bonds. The van der Waals surface area contributed by atoms with E-state index in [-0.39, 0.29) is 5.91 Å². The number of esters is 1. The average Bonchev–Trinajstić information content (AvgIpc) is 3.27. The Bertz CT molecular complexity index is 469. The van der Waals surface area contributed by atoms with Crippen LogP contribution in [0.1, 0.15) is 35.3 Å². The molecule has 1 aliphatic carbocycles. The number of hydrogen-bond donors (Lipinski definition) is 2. The highest BCUT2D eigenvalue weighted by Crippen LogP contribution is 2.18. The fourth-order valence-corrected chi connectivity index (χ4v) is 1.71. The smallest absolute Gasteiger partial charge is 0.339 e. The minimum absolute atomic E-state index is 0.0917. The summed E-state index contributed by atoms with van der Waals surface area (Å²) < 4.78 is 4.60. The van der Waals surface area contributed by atoms with Crippen LogP contribution >= 0.6 is 0 Å². The van der Waals surface area contributed by atoms with Gasteiger partial charge >= 0.3 is 5.97 Å². The van der Waals surface area contributed by atoms with Gasteiger partial charge in [0.1, 0.15) is 0 Å². The largest absolute Gasteiger partial charge is 0.465 e. The van der Waals surface area contributed by atoms with Crippen LogP contribution in [0, 0.1) is 0 Å². The van der Waals surface area contributed by atoms with E-state index in [0.29, 0.717) is 31.1 Å². The molecule has 1 fully saturated rings. The van der Waals surface area contributed by atoms with Crippen LogP contribution in [0.5, 0.6) is 0 Å². The first-order chi connectivity index (χ1) is 9.69. The van der Waals surface area contributed by atoms with Crippen molar-refractivity contribution >= 4 is 11.9 Å². The zero-order valence-electron chi connectivity index (χ0n) is 11.5. The fourth-order valence-electron chi connectivity index (χ4n) is 1.71. The molecule has 0 radical (unpaired) electrons. The molecule has 6 heteroatoms. The first-order valence-electron chi connectivity index (χ1n) is 6.72. The number of carbonyl (C=O) groups is 2. The summed E-state index contributed by atoms with van der Waals surface area (Å²) in [6, 6.07) is 3.86. The molecule has 1 aromatic heterocycles. The number of amides is 1. The lowest BCUT2D eigenvalue weighted by Crippen LogP contribution is -2.29. The van der Waals surface area contributed by atoms with Crippen LogP contribution in [0.25, 0.3) is 0 Å². The summed E-state index contributed by atoms with van der Waals surface area (Å²) in [7, 11) is 1.34. The number of methoxy groups -OCH3 is 1. The van der Waals surface area contributed by atoms with Crippen molar-refractivity contribution in [3.05, 3.63) is 29.6 Å². The van der Waals surface area contributed by atoms with Crippen LogP contribution in [0.4, 0.5) is 0 Å². The summed E-state index contributed by atoms with van der Waals surface area (Å²) in [5, 5.41) is 6.08. The Morgan fingerprint density at radius 3 is 2.80 bits per heavy atom. The zero-order valence-corrected chi connectivity index (χ0v) is 11.5. The number of rotatable bonds is 7. The van der Waals surface area contributed by atoms with E-state index in [1.165, 1.54) is 13.3 Å². The lowest BCUT2D eigenvalue weighted by Gasteiger charge is -2.06. The van der Waals surface area contributed by atoms with E-state index < -0.39 is 5.97 Å². The molecule has 1 saturated carbocycles. The van der Waals surface area contributed by atoms with E-state index in [9.17, 15) is 9.59 Å². The molecule has 0 unspecified atom stereocenters. The quantitative estimate of drug-likeness (QED) is 0.564. The third-order valence-corrected chi connectivity index (χ3v) is 3.02. The van der Waals surface area contributed by atoms with Crippen LogP contribution in [-0.4, -0.2) is 36.6 Å². The van der Waals surface area contributed by atoms with Gasteiger partial charge in [0.05, 0.1) is 18.4 Å². The van der Waals surface area contributed by atoms with Crippen molar-refractivity contribution in [1.82, 2.24) is 15.6 Å². The zero-order chi connectivity index (χ0) is 14.4. The maximum atomic E-state index is 11.4. The number of nitrogens with one attached hydrogen (secondary N) is 2. The Morgan fingerprint density at radius 1 is 1.40 bits per heavy atom. The van der Waals surface area contributed by atoms with Crippen molar-refractivity contribution in [2.45, 2.75) is 31.8 Å². The van der Waals surface area contributed by atoms with Gasteiger partial charge in [-0.3, -0.25) is 9.78 Å². The van der Waals surface area contributed by atoms with Gasteiger partial charge < -0.3 is 15.4 Å². The Morgan fingerprint density at radius 2 is 2.20 bits per heavy atom. The molecule has 0 aromatic carbocycles. The van der Waals surface area contributed by atoms with Crippen molar-refractivity contribution in [1.29, 1.82) is 0 Å². The molecule has 1 heterocycles. The SMILES string of the molecule is COC(=O)c1ccc(CNCCC(=O)NC2CC2)nc1. The second-order valence-corrected chi connectivity index (χ2v) is 4.80. The Kier molecular flexibility index (Phi) is 5.06. The average molecular weight is 277 g/mol. The first-order valence-corrected chi connectivity index (χ1v) is 6.72. The van der Waals surface area contributed by atoms with Crippen LogP contribution in [0.3, 0.4) is 0 Å². The number of nitrogens with zero attached hydrogens (tertiary/aromatic N) is 1. The number of aromatic nitrogens is 1. The van der Waals surface area contributed by atoms with E-state index in [4.69, 9.17) is 0 Å². The van der Waals surface area contributed by atoms with Gasteiger partial charge in [0.15, 0.2) is 0 Å². The van der Waals surface area contributed by atoms with Gasteiger partial charge in [0, 0.05) is 31.7 Å². The van der Waals surface area contributed by atoms with Crippen molar-refractivity contribution < 1.29 is 14.3 Å². The second-order valence-electron chi connectivity index (χ2n) is 4.80. The van der Waals surface area contributed by atoms with Crippen molar-refractivity contribution in [3.63, 3.8) is 0 Å². The molecular weight excluding hydrogens is 258 g/mol. The Balaban J connectivity index is 1.65. The highest BCUT2D eigenvalue weighted by atomic mass is 16.5. The first kappa shape index (κ1) is 14.5. The molecular formula is C14H19N3O3. The van der Waals surface area contributed by atoms with E-state index in [1.807, 2.05) is 0 Å². The lowest BCUT2D eigenvalue weighted by molar-refractivity contribution is -0.121. The highest BCUT2D eigenvalue weighted by molar-refractivity contribution is 5.88.